The van der Waals surface area contributed by atoms with Crippen molar-refractivity contribution in [3.8, 4) is 5.88 Å². The Morgan fingerprint density at radius 1 is 1.08 bits per heavy atom. The number of hydrogen-bond acceptors (Lipinski definition) is 4. The Labute approximate surface area is 154 Å². The van der Waals surface area contributed by atoms with E-state index in [2.05, 4.69) is 15.6 Å². The molecule has 1 heterocycles. The molecule has 0 aliphatic rings. The summed E-state index contributed by atoms with van der Waals surface area (Å²) in [5, 5.41) is 5.69. The van der Waals surface area contributed by atoms with Crippen LogP contribution in [0.3, 0.4) is 0 Å². The minimum absolute atomic E-state index is 0.0243. The lowest BCUT2D eigenvalue weighted by molar-refractivity contribution is -0.129. The number of nitrogens with zero attached hydrogens (tertiary/aromatic N) is 1. The first-order valence-electron chi connectivity index (χ1n) is 8.59. The highest BCUT2D eigenvalue weighted by Crippen LogP contribution is 2.08. The molecule has 26 heavy (non-hydrogen) atoms. The number of ether oxygens (including phenoxy) is 1. The van der Waals surface area contributed by atoms with Crippen molar-refractivity contribution in [2.45, 2.75) is 32.9 Å². The molecule has 0 radical (unpaired) electrons. The third kappa shape index (κ3) is 5.88. The summed E-state index contributed by atoms with van der Waals surface area (Å²) < 4.78 is 5.01. The van der Waals surface area contributed by atoms with Crippen molar-refractivity contribution in [3.63, 3.8) is 0 Å². The zero-order valence-corrected chi connectivity index (χ0v) is 15.4. The summed E-state index contributed by atoms with van der Waals surface area (Å²) in [6.07, 6.45) is 1.90. The number of carbonyl (C=O) groups is 2. The Hall–Kier alpha value is -2.89. The molecular formula is C20H25N3O3. The second kappa shape index (κ2) is 9.56. The van der Waals surface area contributed by atoms with Gasteiger partial charge >= 0.3 is 0 Å². The molecule has 0 bridgehead atoms. The van der Waals surface area contributed by atoms with Gasteiger partial charge in [0.05, 0.1) is 13.5 Å². The molecule has 2 aromatic rings. The van der Waals surface area contributed by atoms with Gasteiger partial charge in [-0.05, 0) is 17.0 Å². The maximum Gasteiger partial charge on any atom is 0.243 e. The second-order valence-corrected chi connectivity index (χ2v) is 6.38. The summed E-state index contributed by atoms with van der Waals surface area (Å²) in [6.45, 7) is 4.15. The van der Waals surface area contributed by atoms with Crippen LogP contribution in [-0.2, 0) is 22.6 Å². The van der Waals surface area contributed by atoms with Crippen molar-refractivity contribution in [1.82, 2.24) is 15.6 Å². The highest BCUT2D eigenvalue weighted by molar-refractivity contribution is 5.88. The van der Waals surface area contributed by atoms with Crippen LogP contribution in [0, 0.1) is 5.92 Å². The SMILES string of the molecule is COc1ccc(CNC(=O)[C@H](NC(=O)Cc2ccccc2)C(C)C)cn1. The minimum Gasteiger partial charge on any atom is -0.481 e. The van der Waals surface area contributed by atoms with Gasteiger partial charge in [-0.15, -0.1) is 0 Å². The molecule has 0 aliphatic heterocycles. The average molecular weight is 355 g/mol. The summed E-state index contributed by atoms with van der Waals surface area (Å²) in [7, 11) is 1.55. The molecule has 1 aromatic carbocycles. The average Bonchev–Trinajstić information content (AvgIpc) is 2.65. The first-order chi connectivity index (χ1) is 12.5. The van der Waals surface area contributed by atoms with Crippen molar-refractivity contribution < 1.29 is 14.3 Å². The number of carbonyl (C=O) groups excluding carboxylic acids is 2. The fraction of sp³-hybridized carbons (Fsp3) is 0.350. The smallest absolute Gasteiger partial charge is 0.243 e. The van der Waals surface area contributed by atoms with Crippen LogP contribution in [-0.4, -0.2) is 29.9 Å². The number of nitrogens with one attached hydrogen (secondary N) is 2. The molecule has 0 spiro atoms. The van der Waals surface area contributed by atoms with E-state index in [9.17, 15) is 9.59 Å². The lowest BCUT2D eigenvalue weighted by Gasteiger charge is -2.22. The molecule has 2 rings (SSSR count). The molecule has 2 N–H and O–H groups in total. The van der Waals surface area contributed by atoms with Crippen molar-refractivity contribution in [2.75, 3.05) is 7.11 Å². The van der Waals surface area contributed by atoms with Gasteiger partial charge < -0.3 is 15.4 Å². The maximum absolute atomic E-state index is 12.5. The van der Waals surface area contributed by atoms with E-state index in [1.54, 1.807) is 19.4 Å². The van der Waals surface area contributed by atoms with Crippen LogP contribution >= 0.6 is 0 Å². The first-order valence-corrected chi connectivity index (χ1v) is 8.59. The summed E-state index contributed by atoms with van der Waals surface area (Å²) in [4.78, 5) is 28.9. The van der Waals surface area contributed by atoms with Gasteiger partial charge in [-0.25, -0.2) is 4.98 Å². The van der Waals surface area contributed by atoms with E-state index in [1.807, 2.05) is 50.2 Å². The van der Waals surface area contributed by atoms with Crippen LogP contribution in [0.1, 0.15) is 25.0 Å². The number of benzene rings is 1. The molecule has 6 nitrogen and oxygen atoms in total. The minimum atomic E-state index is -0.586. The number of hydrogen-bond donors (Lipinski definition) is 2. The Balaban J connectivity index is 1.90. The second-order valence-electron chi connectivity index (χ2n) is 6.38. The quantitative estimate of drug-likeness (QED) is 0.760. The number of rotatable bonds is 8. The van der Waals surface area contributed by atoms with Crippen molar-refractivity contribution in [2.24, 2.45) is 5.92 Å². The normalized spacial score (nSPS) is 11.7. The van der Waals surface area contributed by atoms with Gasteiger partial charge in [0.1, 0.15) is 6.04 Å². The van der Waals surface area contributed by atoms with Crippen LogP contribution in [0.15, 0.2) is 48.7 Å². The van der Waals surface area contributed by atoms with E-state index in [0.717, 1.165) is 11.1 Å². The summed E-state index contributed by atoms with van der Waals surface area (Å²) in [6, 6.07) is 12.4. The molecule has 6 heteroatoms. The summed E-state index contributed by atoms with van der Waals surface area (Å²) in [5.41, 5.74) is 1.77. The van der Waals surface area contributed by atoms with Gasteiger partial charge in [-0.1, -0.05) is 50.2 Å². The van der Waals surface area contributed by atoms with E-state index in [-0.39, 0.29) is 24.2 Å². The van der Waals surface area contributed by atoms with E-state index in [4.69, 9.17) is 4.74 Å². The molecular weight excluding hydrogens is 330 g/mol. The van der Waals surface area contributed by atoms with E-state index < -0.39 is 6.04 Å². The Bertz CT molecular complexity index is 715. The molecule has 0 saturated heterocycles. The van der Waals surface area contributed by atoms with E-state index in [0.29, 0.717) is 12.4 Å². The van der Waals surface area contributed by atoms with Gasteiger partial charge in [0, 0.05) is 18.8 Å². The lowest BCUT2D eigenvalue weighted by atomic mass is 10.0. The van der Waals surface area contributed by atoms with Crippen molar-refractivity contribution >= 4 is 11.8 Å². The Morgan fingerprint density at radius 3 is 2.38 bits per heavy atom. The van der Waals surface area contributed by atoms with Crippen LogP contribution in [0.4, 0.5) is 0 Å². The highest BCUT2D eigenvalue weighted by Gasteiger charge is 2.23. The van der Waals surface area contributed by atoms with E-state index >= 15 is 0 Å². The summed E-state index contributed by atoms with van der Waals surface area (Å²) >= 11 is 0. The topological polar surface area (TPSA) is 80.3 Å². The zero-order valence-electron chi connectivity index (χ0n) is 15.4. The fourth-order valence-corrected chi connectivity index (χ4v) is 2.48. The summed E-state index contributed by atoms with van der Waals surface area (Å²) in [5.74, 6) is 0.116. The first kappa shape index (κ1) is 19.4. The van der Waals surface area contributed by atoms with Crippen LogP contribution in [0.2, 0.25) is 0 Å². The van der Waals surface area contributed by atoms with Gasteiger partial charge in [0.15, 0.2) is 0 Å². The Morgan fingerprint density at radius 2 is 1.81 bits per heavy atom. The van der Waals surface area contributed by atoms with Gasteiger partial charge in [0.25, 0.3) is 0 Å². The number of methoxy groups -OCH3 is 1. The number of aromatic nitrogens is 1. The fourth-order valence-electron chi connectivity index (χ4n) is 2.48. The van der Waals surface area contributed by atoms with Crippen LogP contribution < -0.4 is 15.4 Å². The Kier molecular flexibility index (Phi) is 7.14. The third-order valence-electron chi connectivity index (χ3n) is 3.95. The molecule has 0 saturated carbocycles. The maximum atomic E-state index is 12.5. The zero-order chi connectivity index (χ0) is 18.9. The molecule has 0 aliphatic carbocycles. The van der Waals surface area contributed by atoms with Gasteiger partial charge in [-0.3, -0.25) is 9.59 Å². The van der Waals surface area contributed by atoms with Crippen molar-refractivity contribution in [1.29, 1.82) is 0 Å². The predicted molar refractivity (Wildman–Crippen MR) is 99.6 cm³/mol. The van der Waals surface area contributed by atoms with Gasteiger partial charge in [-0.2, -0.15) is 0 Å². The number of pyridine rings is 1. The largest absolute Gasteiger partial charge is 0.481 e. The molecule has 1 aromatic heterocycles. The molecule has 0 unspecified atom stereocenters. The predicted octanol–water partition coefficient (Wildman–Crippen LogP) is 2.09. The van der Waals surface area contributed by atoms with Gasteiger partial charge in [0.2, 0.25) is 17.7 Å². The molecule has 2 amide bonds. The van der Waals surface area contributed by atoms with Crippen molar-refractivity contribution in [3.05, 3.63) is 59.8 Å². The lowest BCUT2D eigenvalue weighted by Crippen LogP contribution is -2.49. The molecule has 0 fully saturated rings. The van der Waals surface area contributed by atoms with E-state index in [1.165, 1.54) is 0 Å². The highest BCUT2D eigenvalue weighted by atomic mass is 16.5. The third-order valence-corrected chi connectivity index (χ3v) is 3.95. The molecule has 138 valence electrons. The monoisotopic (exact) mass is 355 g/mol. The molecule has 1 atom stereocenters. The van der Waals surface area contributed by atoms with Crippen LogP contribution in [0.25, 0.3) is 0 Å². The standard InChI is InChI=1S/C20H25N3O3/c1-14(2)19(23-17(24)11-15-7-5-4-6-8-15)20(25)22-13-16-9-10-18(26-3)21-12-16/h4-10,12,14,19H,11,13H2,1-3H3,(H,22,25)(H,23,24)/t19-/m1/s1. The number of amides is 2. The van der Waals surface area contributed by atoms with Crippen LogP contribution in [0.5, 0.6) is 5.88 Å².